The molecular formula is C14H21ClFN5O. The third kappa shape index (κ3) is 4.04. The van der Waals surface area contributed by atoms with Crippen molar-refractivity contribution in [2.24, 2.45) is 4.99 Å². The first-order chi connectivity index (χ1) is 10.5. The first-order valence-corrected chi connectivity index (χ1v) is 7.59. The number of nitrogens with one attached hydrogen (secondary N) is 1. The molecular weight excluding hydrogens is 309 g/mol. The van der Waals surface area contributed by atoms with Crippen LogP contribution in [0.3, 0.4) is 0 Å². The summed E-state index contributed by atoms with van der Waals surface area (Å²) in [4.78, 5) is 12.1. The molecule has 1 aliphatic rings. The lowest BCUT2D eigenvalue weighted by Gasteiger charge is -2.31. The van der Waals surface area contributed by atoms with Gasteiger partial charge in [-0.15, -0.1) is 0 Å². The van der Waals surface area contributed by atoms with E-state index < -0.39 is 5.67 Å². The summed E-state index contributed by atoms with van der Waals surface area (Å²) in [5.74, 6) is 0.759. The molecule has 1 saturated carbocycles. The molecule has 0 unspecified atom stereocenters. The number of hydrazine groups is 1. The van der Waals surface area contributed by atoms with E-state index in [0.717, 1.165) is 0 Å². The third-order valence-corrected chi connectivity index (χ3v) is 4.02. The van der Waals surface area contributed by atoms with Crippen molar-refractivity contribution in [1.82, 2.24) is 15.4 Å². The molecule has 1 aromatic heterocycles. The Labute approximate surface area is 134 Å². The van der Waals surface area contributed by atoms with Crippen molar-refractivity contribution in [3.63, 3.8) is 0 Å². The van der Waals surface area contributed by atoms with E-state index in [-0.39, 0.29) is 6.10 Å². The monoisotopic (exact) mass is 329 g/mol. The van der Waals surface area contributed by atoms with Gasteiger partial charge in [0, 0.05) is 14.1 Å². The maximum atomic E-state index is 13.8. The highest BCUT2D eigenvalue weighted by Crippen LogP contribution is 2.35. The van der Waals surface area contributed by atoms with E-state index in [0.29, 0.717) is 42.4 Å². The van der Waals surface area contributed by atoms with Crippen LogP contribution in [-0.2, 0) is 0 Å². The predicted octanol–water partition coefficient (Wildman–Crippen LogP) is 2.78. The van der Waals surface area contributed by atoms with Gasteiger partial charge in [0.25, 0.3) is 0 Å². The summed E-state index contributed by atoms with van der Waals surface area (Å²) < 4.78 is 19.7. The summed E-state index contributed by atoms with van der Waals surface area (Å²) >= 11 is 6.33. The molecule has 122 valence electrons. The van der Waals surface area contributed by atoms with Gasteiger partial charge >= 0.3 is 0 Å². The highest BCUT2D eigenvalue weighted by atomic mass is 35.5. The average Bonchev–Trinajstić information content (AvgIpc) is 2.49. The maximum absolute atomic E-state index is 13.8. The van der Waals surface area contributed by atoms with Crippen LogP contribution in [0.15, 0.2) is 11.3 Å². The topological polar surface area (TPSA) is 62.6 Å². The molecule has 0 aromatic carbocycles. The van der Waals surface area contributed by atoms with Crippen LogP contribution in [0.25, 0.3) is 0 Å². The number of nitrogens with zero attached hydrogens (tertiary/aromatic N) is 4. The Morgan fingerprint density at radius 2 is 2.18 bits per heavy atom. The molecule has 0 saturated heterocycles. The van der Waals surface area contributed by atoms with Crippen molar-refractivity contribution in [2.75, 3.05) is 19.1 Å². The van der Waals surface area contributed by atoms with E-state index in [9.17, 15) is 4.39 Å². The van der Waals surface area contributed by atoms with E-state index in [1.54, 1.807) is 32.4 Å². The Morgan fingerprint density at radius 1 is 1.50 bits per heavy atom. The highest BCUT2D eigenvalue weighted by Gasteiger charge is 2.32. The molecule has 0 radical (unpaired) electrons. The molecule has 0 bridgehead atoms. The van der Waals surface area contributed by atoms with Crippen molar-refractivity contribution >= 4 is 23.8 Å². The number of ether oxygens (including phenoxy) is 1. The second-order valence-electron chi connectivity index (χ2n) is 5.51. The van der Waals surface area contributed by atoms with E-state index in [1.807, 2.05) is 0 Å². The van der Waals surface area contributed by atoms with Gasteiger partial charge in [-0.2, -0.15) is 0 Å². The van der Waals surface area contributed by atoms with Gasteiger partial charge in [-0.3, -0.25) is 4.99 Å². The van der Waals surface area contributed by atoms with Crippen LogP contribution in [0, 0.1) is 0 Å². The SMILES string of the molecule is CN=CN(NC)c1ncnc(OC2CCC(C)(F)CC2)c1Cl. The fourth-order valence-electron chi connectivity index (χ4n) is 2.40. The molecule has 0 atom stereocenters. The number of hydrogen-bond acceptors (Lipinski definition) is 5. The zero-order chi connectivity index (χ0) is 16.2. The van der Waals surface area contributed by atoms with Crippen LogP contribution in [-0.4, -0.2) is 42.2 Å². The maximum Gasteiger partial charge on any atom is 0.238 e. The van der Waals surface area contributed by atoms with Crippen LogP contribution in [0.5, 0.6) is 5.88 Å². The number of alkyl halides is 1. The first-order valence-electron chi connectivity index (χ1n) is 7.22. The first kappa shape index (κ1) is 16.9. The third-order valence-electron chi connectivity index (χ3n) is 3.69. The second kappa shape index (κ2) is 7.19. The number of aliphatic imine (C=N–C) groups is 1. The molecule has 1 aromatic rings. The number of aromatic nitrogens is 2. The number of rotatable bonds is 5. The van der Waals surface area contributed by atoms with Crippen LogP contribution in [0.2, 0.25) is 5.02 Å². The Kier molecular flexibility index (Phi) is 5.52. The van der Waals surface area contributed by atoms with E-state index >= 15 is 0 Å². The molecule has 1 heterocycles. The summed E-state index contributed by atoms with van der Waals surface area (Å²) in [6.07, 6.45) is 5.12. The molecule has 8 heteroatoms. The number of halogens is 2. The predicted molar refractivity (Wildman–Crippen MR) is 85.4 cm³/mol. The largest absolute Gasteiger partial charge is 0.473 e. The fourth-order valence-corrected chi connectivity index (χ4v) is 2.63. The molecule has 6 nitrogen and oxygen atoms in total. The molecule has 0 aliphatic heterocycles. The number of hydrogen-bond donors (Lipinski definition) is 1. The van der Waals surface area contributed by atoms with Crippen LogP contribution >= 0.6 is 11.6 Å². The number of anilines is 1. The lowest BCUT2D eigenvalue weighted by atomic mass is 9.86. The van der Waals surface area contributed by atoms with Crippen molar-refractivity contribution < 1.29 is 9.13 Å². The van der Waals surface area contributed by atoms with Gasteiger partial charge in [-0.05, 0) is 32.6 Å². The minimum absolute atomic E-state index is 0.0769. The van der Waals surface area contributed by atoms with Crippen molar-refractivity contribution in [3.05, 3.63) is 11.3 Å². The quantitative estimate of drug-likeness (QED) is 0.511. The van der Waals surface area contributed by atoms with Gasteiger partial charge in [-0.25, -0.2) is 24.8 Å². The van der Waals surface area contributed by atoms with E-state index in [2.05, 4.69) is 20.4 Å². The molecule has 1 aliphatic carbocycles. The van der Waals surface area contributed by atoms with Gasteiger partial charge in [0.05, 0.1) is 0 Å². The standard InChI is InChI=1S/C14H21ClFN5O/c1-14(16)6-4-10(5-7-14)22-13-11(15)12(19-8-20-13)21(18-3)9-17-2/h8-10,18H,4-7H2,1-3H3. The normalized spacial score (nSPS) is 25.4. The van der Waals surface area contributed by atoms with Gasteiger partial charge < -0.3 is 4.74 Å². The zero-order valence-corrected chi connectivity index (χ0v) is 13.8. The average molecular weight is 330 g/mol. The van der Waals surface area contributed by atoms with Crippen molar-refractivity contribution in [3.8, 4) is 5.88 Å². The molecule has 2 rings (SSSR count). The minimum atomic E-state index is -1.10. The second-order valence-corrected chi connectivity index (χ2v) is 5.89. The van der Waals surface area contributed by atoms with Crippen LogP contribution < -0.4 is 15.2 Å². The smallest absolute Gasteiger partial charge is 0.238 e. The van der Waals surface area contributed by atoms with Gasteiger partial charge in [0.2, 0.25) is 5.88 Å². The molecule has 1 fully saturated rings. The molecule has 0 amide bonds. The fraction of sp³-hybridized carbons (Fsp3) is 0.643. The summed E-state index contributed by atoms with van der Waals surface area (Å²) in [7, 11) is 3.37. The Hall–Kier alpha value is -1.47. The highest BCUT2D eigenvalue weighted by molar-refractivity contribution is 6.34. The molecule has 0 spiro atoms. The minimum Gasteiger partial charge on any atom is -0.473 e. The Morgan fingerprint density at radius 3 is 2.77 bits per heavy atom. The van der Waals surface area contributed by atoms with Gasteiger partial charge in [0.15, 0.2) is 5.82 Å². The summed E-state index contributed by atoms with van der Waals surface area (Å²) in [5.41, 5.74) is 1.81. The summed E-state index contributed by atoms with van der Waals surface area (Å²) in [6.45, 7) is 1.63. The lowest BCUT2D eigenvalue weighted by molar-refractivity contribution is 0.0557. The van der Waals surface area contributed by atoms with Gasteiger partial charge in [0.1, 0.15) is 29.5 Å². The summed E-state index contributed by atoms with van der Waals surface area (Å²) in [6, 6.07) is 0. The van der Waals surface area contributed by atoms with Crippen molar-refractivity contribution in [2.45, 2.75) is 44.4 Å². The zero-order valence-electron chi connectivity index (χ0n) is 13.0. The van der Waals surface area contributed by atoms with E-state index in [1.165, 1.54) is 6.33 Å². The van der Waals surface area contributed by atoms with Crippen LogP contribution in [0.1, 0.15) is 32.6 Å². The van der Waals surface area contributed by atoms with Crippen LogP contribution in [0.4, 0.5) is 10.2 Å². The Bertz CT molecular complexity index is 530. The van der Waals surface area contributed by atoms with Crippen molar-refractivity contribution in [1.29, 1.82) is 0 Å². The lowest BCUT2D eigenvalue weighted by Crippen LogP contribution is -2.35. The Balaban J connectivity index is 2.12. The summed E-state index contributed by atoms with van der Waals surface area (Å²) in [5, 5.41) is 1.86. The van der Waals surface area contributed by atoms with E-state index in [4.69, 9.17) is 16.3 Å². The molecule has 22 heavy (non-hydrogen) atoms. The van der Waals surface area contributed by atoms with Gasteiger partial charge in [-0.1, -0.05) is 11.6 Å². The molecule has 1 N–H and O–H groups in total.